The lowest BCUT2D eigenvalue weighted by atomic mass is 10.2. The van der Waals surface area contributed by atoms with Crippen molar-refractivity contribution in [1.29, 1.82) is 0 Å². The quantitative estimate of drug-likeness (QED) is 0.764. The van der Waals surface area contributed by atoms with E-state index in [0.29, 0.717) is 5.69 Å². The number of aromatic nitrogens is 3. The number of hydrogen-bond acceptors (Lipinski definition) is 3. The van der Waals surface area contributed by atoms with Crippen LogP contribution in [0.15, 0.2) is 36.9 Å². The maximum atomic E-state index is 10.8. The zero-order chi connectivity index (χ0) is 9.97. The molecule has 2 aromatic heterocycles. The molecule has 0 bridgehead atoms. The van der Waals surface area contributed by atoms with Gasteiger partial charge in [0.25, 0.3) is 0 Å². The molecule has 0 aliphatic heterocycles. The topological polar surface area (TPSA) is 68.0 Å². The maximum absolute atomic E-state index is 10.8. The smallest absolute Gasteiger partial charge is 0.339 e. The van der Waals surface area contributed by atoms with E-state index in [2.05, 4.69) is 10.1 Å². The van der Waals surface area contributed by atoms with Crippen molar-refractivity contribution < 1.29 is 9.90 Å². The number of hydrogen-bond donors (Lipinski definition) is 1. The number of carboxylic acid groups (broad SMARTS) is 1. The van der Waals surface area contributed by atoms with Gasteiger partial charge in [-0.25, -0.2) is 9.48 Å². The van der Waals surface area contributed by atoms with Gasteiger partial charge in [0.2, 0.25) is 0 Å². The number of pyridine rings is 1. The zero-order valence-electron chi connectivity index (χ0n) is 7.16. The molecule has 1 N–H and O–H groups in total. The Hall–Kier alpha value is -2.17. The van der Waals surface area contributed by atoms with Crippen LogP contribution in [0.3, 0.4) is 0 Å². The largest absolute Gasteiger partial charge is 0.478 e. The second kappa shape index (κ2) is 3.29. The normalized spacial score (nSPS) is 10.0. The third-order valence-corrected chi connectivity index (χ3v) is 1.78. The minimum Gasteiger partial charge on any atom is -0.478 e. The van der Waals surface area contributed by atoms with Crippen molar-refractivity contribution in [2.24, 2.45) is 0 Å². The third kappa shape index (κ3) is 1.35. The average Bonchev–Trinajstić information content (AvgIpc) is 2.70. The van der Waals surface area contributed by atoms with Crippen molar-refractivity contribution in [1.82, 2.24) is 14.8 Å². The third-order valence-electron chi connectivity index (χ3n) is 1.78. The first-order valence-electron chi connectivity index (χ1n) is 3.96. The molecule has 0 fully saturated rings. The van der Waals surface area contributed by atoms with Gasteiger partial charge in [0, 0.05) is 24.8 Å². The van der Waals surface area contributed by atoms with Gasteiger partial charge in [-0.05, 0) is 12.1 Å². The minimum atomic E-state index is -1.01. The number of nitrogens with zero attached hydrogens (tertiary/aromatic N) is 3. The van der Waals surface area contributed by atoms with Crippen molar-refractivity contribution in [3.8, 4) is 5.69 Å². The first kappa shape index (κ1) is 8.43. The van der Waals surface area contributed by atoms with Crippen LogP contribution in [-0.2, 0) is 0 Å². The molecule has 0 spiro atoms. The standard InChI is InChI=1S/C9H7N3O2/c13-9(14)7-6-10-4-2-8(7)12-5-1-3-11-12/h1-6H,(H,13,14). The molecule has 14 heavy (non-hydrogen) atoms. The molecular formula is C9H7N3O2. The van der Waals surface area contributed by atoms with Crippen LogP contribution >= 0.6 is 0 Å². The van der Waals surface area contributed by atoms with E-state index in [1.165, 1.54) is 17.1 Å². The van der Waals surface area contributed by atoms with Crippen molar-refractivity contribution >= 4 is 5.97 Å². The van der Waals surface area contributed by atoms with E-state index in [0.717, 1.165) is 0 Å². The summed E-state index contributed by atoms with van der Waals surface area (Å²) in [5, 5.41) is 12.8. The molecule has 0 saturated heterocycles. The fraction of sp³-hybridized carbons (Fsp3) is 0. The van der Waals surface area contributed by atoms with E-state index in [-0.39, 0.29) is 5.56 Å². The Morgan fingerprint density at radius 1 is 1.43 bits per heavy atom. The second-order valence-electron chi connectivity index (χ2n) is 2.65. The summed E-state index contributed by atoms with van der Waals surface area (Å²) < 4.78 is 1.49. The molecule has 2 heterocycles. The van der Waals surface area contributed by atoms with Crippen molar-refractivity contribution in [2.45, 2.75) is 0 Å². The summed E-state index contributed by atoms with van der Waals surface area (Å²) in [7, 11) is 0. The Morgan fingerprint density at radius 2 is 2.29 bits per heavy atom. The highest BCUT2D eigenvalue weighted by molar-refractivity contribution is 5.91. The second-order valence-corrected chi connectivity index (χ2v) is 2.65. The number of carbonyl (C=O) groups is 1. The number of rotatable bonds is 2. The van der Waals surface area contributed by atoms with Crippen molar-refractivity contribution in [3.63, 3.8) is 0 Å². The van der Waals surface area contributed by atoms with Crippen LogP contribution in [0.4, 0.5) is 0 Å². The fourth-order valence-corrected chi connectivity index (χ4v) is 1.16. The Kier molecular flexibility index (Phi) is 1.98. The number of aromatic carboxylic acids is 1. The van der Waals surface area contributed by atoms with E-state index >= 15 is 0 Å². The minimum absolute atomic E-state index is 0.135. The SMILES string of the molecule is O=C(O)c1cnccc1-n1cccn1. The van der Waals surface area contributed by atoms with E-state index in [9.17, 15) is 4.79 Å². The van der Waals surface area contributed by atoms with Gasteiger partial charge in [0.15, 0.2) is 0 Å². The lowest BCUT2D eigenvalue weighted by Crippen LogP contribution is -2.06. The van der Waals surface area contributed by atoms with Crippen LogP contribution in [0.1, 0.15) is 10.4 Å². The summed E-state index contributed by atoms with van der Waals surface area (Å²) >= 11 is 0. The Balaban J connectivity index is 2.58. The highest BCUT2D eigenvalue weighted by atomic mass is 16.4. The Labute approximate surface area is 79.6 Å². The van der Waals surface area contributed by atoms with E-state index in [1.54, 1.807) is 24.5 Å². The van der Waals surface area contributed by atoms with E-state index in [4.69, 9.17) is 5.11 Å². The van der Waals surface area contributed by atoms with Gasteiger partial charge in [-0.15, -0.1) is 0 Å². The summed E-state index contributed by atoms with van der Waals surface area (Å²) in [6, 6.07) is 3.34. The van der Waals surface area contributed by atoms with E-state index < -0.39 is 5.97 Å². The van der Waals surface area contributed by atoms with Gasteiger partial charge in [-0.3, -0.25) is 4.98 Å². The first-order valence-corrected chi connectivity index (χ1v) is 3.96. The molecule has 2 rings (SSSR count). The van der Waals surface area contributed by atoms with E-state index in [1.807, 2.05) is 0 Å². The molecule has 70 valence electrons. The lowest BCUT2D eigenvalue weighted by molar-refractivity contribution is 0.0696. The molecule has 2 aromatic rings. The Bertz CT molecular complexity index is 451. The van der Waals surface area contributed by atoms with Crippen LogP contribution in [0.25, 0.3) is 5.69 Å². The molecule has 0 aromatic carbocycles. The summed E-state index contributed by atoms with van der Waals surface area (Å²) in [5.74, 6) is -1.01. The molecule has 5 nitrogen and oxygen atoms in total. The molecule has 0 unspecified atom stereocenters. The molecule has 0 saturated carbocycles. The molecule has 5 heteroatoms. The van der Waals surface area contributed by atoms with Gasteiger partial charge < -0.3 is 5.11 Å². The lowest BCUT2D eigenvalue weighted by Gasteiger charge is -2.03. The highest BCUT2D eigenvalue weighted by Gasteiger charge is 2.10. The summed E-state index contributed by atoms with van der Waals surface area (Å²) in [6.07, 6.45) is 6.11. The van der Waals surface area contributed by atoms with Crippen LogP contribution in [0, 0.1) is 0 Å². The zero-order valence-corrected chi connectivity index (χ0v) is 7.16. The predicted molar refractivity (Wildman–Crippen MR) is 48.3 cm³/mol. The van der Waals surface area contributed by atoms with Crippen LogP contribution < -0.4 is 0 Å². The van der Waals surface area contributed by atoms with Gasteiger partial charge >= 0.3 is 5.97 Å². The predicted octanol–water partition coefficient (Wildman–Crippen LogP) is 0.965. The monoisotopic (exact) mass is 189 g/mol. The van der Waals surface area contributed by atoms with Crippen molar-refractivity contribution in [2.75, 3.05) is 0 Å². The summed E-state index contributed by atoms with van der Waals surface area (Å²) in [5.41, 5.74) is 0.647. The fourth-order valence-electron chi connectivity index (χ4n) is 1.16. The molecule has 0 atom stereocenters. The first-order chi connectivity index (χ1) is 6.79. The molecule has 0 radical (unpaired) electrons. The Morgan fingerprint density at radius 3 is 2.93 bits per heavy atom. The van der Waals surface area contributed by atoms with Crippen LogP contribution in [0.5, 0.6) is 0 Å². The van der Waals surface area contributed by atoms with Gasteiger partial charge in [0.05, 0.1) is 5.69 Å². The maximum Gasteiger partial charge on any atom is 0.339 e. The van der Waals surface area contributed by atoms with Gasteiger partial charge in [-0.1, -0.05) is 0 Å². The van der Waals surface area contributed by atoms with Gasteiger partial charge in [0.1, 0.15) is 5.56 Å². The highest BCUT2D eigenvalue weighted by Crippen LogP contribution is 2.11. The molecular weight excluding hydrogens is 182 g/mol. The van der Waals surface area contributed by atoms with Crippen molar-refractivity contribution in [3.05, 3.63) is 42.5 Å². The van der Waals surface area contributed by atoms with Crippen LogP contribution in [0.2, 0.25) is 0 Å². The average molecular weight is 189 g/mol. The number of carboxylic acids is 1. The summed E-state index contributed by atoms with van der Waals surface area (Å²) in [6.45, 7) is 0. The van der Waals surface area contributed by atoms with Gasteiger partial charge in [-0.2, -0.15) is 5.10 Å². The van der Waals surface area contributed by atoms with Crippen LogP contribution in [-0.4, -0.2) is 25.8 Å². The summed E-state index contributed by atoms with van der Waals surface area (Å²) in [4.78, 5) is 14.6. The molecule has 0 aliphatic carbocycles. The molecule has 0 aliphatic rings. The molecule has 0 amide bonds.